The van der Waals surface area contributed by atoms with E-state index < -0.39 is 27.2 Å². The molecule has 1 unspecified atom stereocenters. The first kappa shape index (κ1) is 19.2. The molecule has 1 heterocycles. The second-order valence-corrected chi connectivity index (χ2v) is 9.25. The molecule has 1 aliphatic heterocycles. The topological polar surface area (TPSA) is 109 Å². The predicted octanol–water partition coefficient (Wildman–Crippen LogP) is 2.79. The largest absolute Gasteiger partial charge is 0.478 e. The van der Waals surface area contributed by atoms with Crippen molar-refractivity contribution in [2.45, 2.75) is 10.3 Å². The van der Waals surface area contributed by atoms with E-state index in [1.807, 2.05) is 0 Å². The molecule has 0 spiro atoms. The number of sulfone groups is 1. The van der Waals surface area contributed by atoms with Gasteiger partial charge in [-0.3, -0.25) is 0 Å². The summed E-state index contributed by atoms with van der Waals surface area (Å²) in [6.07, 6.45) is 2.66. The normalized spacial score (nSPS) is 19.5. The highest BCUT2D eigenvalue weighted by Crippen LogP contribution is 2.47. The molecule has 27 heavy (non-hydrogen) atoms. The summed E-state index contributed by atoms with van der Waals surface area (Å²) in [6.45, 7) is 0. The van der Waals surface area contributed by atoms with Crippen molar-refractivity contribution in [3.05, 3.63) is 76.2 Å². The van der Waals surface area contributed by atoms with Crippen molar-refractivity contribution >= 4 is 33.5 Å². The highest BCUT2D eigenvalue weighted by Gasteiger charge is 2.41. The van der Waals surface area contributed by atoms with Crippen LogP contribution in [0.15, 0.2) is 64.4 Å². The van der Waals surface area contributed by atoms with Gasteiger partial charge in [0.1, 0.15) is 0 Å². The van der Waals surface area contributed by atoms with Gasteiger partial charge in [-0.15, -0.1) is 11.8 Å². The van der Waals surface area contributed by atoms with Gasteiger partial charge in [0, 0.05) is 12.0 Å². The molecule has 2 aromatic rings. The molecule has 0 fully saturated rings. The van der Waals surface area contributed by atoms with Gasteiger partial charge in [-0.1, -0.05) is 30.3 Å². The summed E-state index contributed by atoms with van der Waals surface area (Å²) in [5, 5.41) is 19.0. The molecule has 0 saturated carbocycles. The number of hydrogen-bond donors (Lipinski definition) is 2. The third kappa shape index (κ3) is 3.50. The van der Waals surface area contributed by atoms with E-state index in [9.17, 15) is 28.2 Å². The van der Waals surface area contributed by atoms with Gasteiger partial charge in [-0.25, -0.2) is 18.0 Å². The van der Waals surface area contributed by atoms with Crippen LogP contribution in [0, 0.1) is 0 Å². The summed E-state index contributed by atoms with van der Waals surface area (Å²) in [5.41, 5.74) is 0.192. The fraction of sp³-hybridized carbons (Fsp3) is 0.158. The highest BCUT2D eigenvalue weighted by molar-refractivity contribution is 8.04. The Bertz CT molecular complexity index is 1050. The maximum absolute atomic E-state index is 11.7. The second-order valence-electron chi connectivity index (χ2n) is 6.22. The van der Waals surface area contributed by atoms with Crippen LogP contribution >= 0.6 is 11.8 Å². The Labute approximate surface area is 160 Å². The van der Waals surface area contributed by atoms with Crippen LogP contribution in [0.5, 0.6) is 0 Å². The molecule has 140 valence electrons. The quantitative estimate of drug-likeness (QED) is 0.789. The number of aliphatic carboxylic acids is 1. The van der Waals surface area contributed by atoms with E-state index >= 15 is 0 Å². The maximum atomic E-state index is 11.7. The molecule has 3 rings (SSSR count). The number of carbonyl (C=O) groups is 2. The molecule has 0 bridgehead atoms. The molecular weight excluding hydrogens is 388 g/mol. The molecule has 8 heteroatoms. The molecule has 0 radical (unpaired) electrons. The van der Waals surface area contributed by atoms with E-state index in [2.05, 4.69) is 0 Å². The summed E-state index contributed by atoms with van der Waals surface area (Å²) in [4.78, 5) is 23.5. The molecule has 0 aliphatic carbocycles. The van der Waals surface area contributed by atoms with Gasteiger partial charge in [0.15, 0.2) is 9.84 Å². The van der Waals surface area contributed by atoms with Crippen LogP contribution in [-0.2, 0) is 20.0 Å². The van der Waals surface area contributed by atoms with Crippen molar-refractivity contribution in [3.63, 3.8) is 0 Å². The fourth-order valence-electron chi connectivity index (χ4n) is 3.16. The number of rotatable bonds is 5. The first-order valence-electron chi connectivity index (χ1n) is 7.87. The molecule has 2 aromatic carbocycles. The van der Waals surface area contributed by atoms with E-state index in [1.165, 1.54) is 18.2 Å². The molecule has 0 saturated heterocycles. The lowest BCUT2D eigenvalue weighted by Gasteiger charge is -2.29. The minimum Gasteiger partial charge on any atom is -0.478 e. The summed E-state index contributed by atoms with van der Waals surface area (Å²) in [5.74, 6) is -1.89. The number of allylic oxidation sites excluding steroid dienone is 1. The van der Waals surface area contributed by atoms with Crippen LogP contribution in [0.3, 0.4) is 0 Å². The van der Waals surface area contributed by atoms with Crippen LogP contribution in [0.1, 0.15) is 21.5 Å². The third-order valence-corrected chi connectivity index (χ3v) is 6.81. The molecule has 1 atom stereocenters. The van der Waals surface area contributed by atoms with Gasteiger partial charge < -0.3 is 10.2 Å². The van der Waals surface area contributed by atoms with Crippen molar-refractivity contribution in [1.82, 2.24) is 0 Å². The predicted molar refractivity (Wildman–Crippen MR) is 102 cm³/mol. The Morgan fingerprint density at radius 1 is 1.00 bits per heavy atom. The average molecular weight is 404 g/mol. The summed E-state index contributed by atoms with van der Waals surface area (Å²) < 4.78 is 23.5. The first-order chi connectivity index (χ1) is 12.6. The lowest BCUT2D eigenvalue weighted by Crippen LogP contribution is -2.28. The smallest absolute Gasteiger partial charge is 0.341 e. The molecule has 1 aliphatic rings. The number of thioether (sulfide) groups is 1. The van der Waals surface area contributed by atoms with E-state index in [0.29, 0.717) is 16.9 Å². The Hall–Kier alpha value is -2.58. The number of hydrogen-bond acceptors (Lipinski definition) is 5. The Morgan fingerprint density at radius 2 is 1.63 bits per heavy atom. The monoisotopic (exact) mass is 404 g/mol. The van der Waals surface area contributed by atoms with Gasteiger partial charge in [-0.2, -0.15) is 0 Å². The van der Waals surface area contributed by atoms with Crippen LogP contribution in [0.4, 0.5) is 0 Å². The van der Waals surface area contributed by atoms with Gasteiger partial charge in [-0.05, 0) is 35.4 Å². The average Bonchev–Trinajstić information content (AvgIpc) is 3.08. The third-order valence-electron chi connectivity index (χ3n) is 4.48. The van der Waals surface area contributed by atoms with E-state index in [1.54, 1.807) is 36.4 Å². The zero-order valence-electron chi connectivity index (χ0n) is 14.2. The van der Waals surface area contributed by atoms with Gasteiger partial charge >= 0.3 is 11.9 Å². The number of carboxylic acids is 2. The minimum absolute atomic E-state index is 0.0770. The molecule has 0 aromatic heterocycles. The lowest BCUT2D eigenvalue weighted by atomic mass is 9.74. The van der Waals surface area contributed by atoms with Crippen molar-refractivity contribution in [3.8, 4) is 0 Å². The Morgan fingerprint density at radius 3 is 2.15 bits per heavy atom. The molecular formula is C19H16O6S2. The number of aromatic carboxylic acids is 1. The Balaban J connectivity index is 2.26. The van der Waals surface area contributed by atoms with E-state index in [0.717, 1.165) is 18.0 Å². The van der Waals surface area contributed by atoms with Gasteiger partial charge in [0.25, 0.3) is 0 Å². The van der Waals surface area contributed by atoms with Crippen LogP contribution < -0.4 is 0 Å². The number of carboxylic acid groups (broad SMARTS) is 2. The lowest BCUT2D eigenvalue weighted by molar-refractivity contribution is -0.131. The first-order valence-corrected chi connectivity index (χ1v) is 10.8. The van der Waals surface area contributed by atoms with Crippen molar-refractivity contribution < 1.29 is 28.2 Å². The SMILES string of the molecule is CS(=O)(=O)c1ccc(C2(c3ccccc3C(=O)O)C=C(C(=O)O)SC2)cc1. The Kier molecular flexibility index (Phi) is 4.88. The second kappa shape index (κ2) is 6.86. The zero-order valence-corrected chi connectivity index (χ0v) is 15.9. The molecule has 6 nitrogen and oxygen atoms in total. The summed E-state index contributed by atoms with van der Waals surface area (Å²) >= 11 is 1.13. The maximum Gasteiger partial charge on any atom is 0.341 e. The molecule has 2 N–H and O–H groups in total. The summed E-state index contributed by atoms with van der Waals surface area (Å²) in [7, 11) is -3.38. The standard InChI is InChI=1S/C19H16O6S2/c1-27(24,25)13-8-6-12(7-9-13)19(10-16(18(22)23)26-11-19)15-5-3-2-4-14(15)17(20)21/h2-10H,11H2,1H3,(H,20,21)(H,22,23). The van der Waals surface area contributed by atoms with Crippen molar-refractivity contribution in [2.75, 3.05) is 12.0 Å². The van der Waals surface area contributed by atoms with Crippen LogP contribution in [-0.4, -0.2) is 42.6 Å². The molecule has 0 amide bonds. The number of benzene rings is 2. The van der Waals surface area contributed by atoms with Gasteiger partial charge in [0.2, 0.25) is 0 Å². The van der Waals surface area contributed by atoms with Gasteiger partial charge in [0.05, 0.1) is 20.8 Å². The van der Waals surface area contributed by atoms with Crippen molar-refractivity contribution in [1.29, 1.82) is 0 Å². The van der Waals surface area contributed by atoms with E-state index in [4.69, 9.17) is 0 Å². The van der Waals surface area contributed by atoms with E-state index in [-0.39, 0.29) is 15.4 Å². The summed E-state index contributed by atoms with van der Waals surface area (Å²) in [6, 6.07) is 12.6. The van der Waals surface area contributed by atoms with Crippen LogP contribution in [0.2, 0.25) is 0 Å². The van der Waals surface area contributed by atoms with Crippen LogP contribution in [0.25, 0.3) is 0 Å². The highest BCUT2D eigenvalue weighted by atomic mass is 32.2. The van der Waals surface area contributed by atoms with Crippen molar-refractivity contribution in [2.24, 2.45) is 0 Å². The fourth-order valence-corrected chi connectivity index (χ4v) is 4.99. The zero-order chi connectivity index (χ0) is 19.8. The minimum atomic E-state index is -3.38.